The fourth-order valence-corrected chi connectivity index (χ4v) is 1.86. The smallest absolute Gasteiger partial charge is 0.341 e. The van der Waals surface area contributed by atoms with Gasteiger partial charge in [-0.2, -0.15) is 9.78 Å². The number of carboxylic acid groups (broad SMARTS) is 1. The van der Waals surface area contributed by atoms with Crippen LogP contribution in [0.25, 0.3) is 5.82 Å². The molecule has 0 bridgehead atoms. The molecule has 90 valence electrons. The van der Waals surface area contributed by atoms with Crippen LogP contribution in [0.3, 0.4) is 0 Å². The molecular formula is C10H13N5O2. The molecule has 7 nitrogen and oxygen atoms in total. The maximum Gasteiger partial charge on any atom is 0.341 e. The van der Waals surface area contributed by atoms with Crippen LogP contribution in [0.4, 0.5) is 0 Å². The molecule has 17 heavy (non-hydrogen) atoms. The first-order valence-corrected chi connectivity index (χ1v) is 5.09. The van der Waals surface area contributed by atoms with Gasteiger partial charge < -0.3 is 5.11 Å². The van der Waals surface area contributed by atoms with E-state index in [4.69, 9.17) is 0 Å². The lowest BCUT2D eigenvalue weighted by molar-refractivity contribution is 0.0696. The standard InChI is InChI=1S/C10H13N5O2/c1-5-8(10(16)17)9(14(4)12-5)15-7(3)11-6(2)13-15/h1-4H3,(H,16,17). The predicted octanol–water partition coefficient (Wildman–Crippen LogP) is 0.624. The number of carboxylic acids is 1. The van der Waals surface area contributed by atoms with Gasteiger partial charge in [0.05, 0.1) is 5.69 Å². The fraction of sp³-hybridized carbons (Fsp3) is 0.400. The van der Waals surface area contributed by atoms with Crippen molar-refractivity contribution in [1.29, 1.82) is 0 Å². The van der Waals surface area contributed by atoms with Crippen molar-refractivity contribution in [3.05, 3.63) is 22.9 Å². The summed E-state index contributed by atoms with van der Waals surface area (Å²) in [6.07, 6.45) is 0. The second-order valence-corrected chi connectivity index (χ2v) is 3.83. The molecule has 0 aromatic carbocycles. The van der Waals surface area contributed by atoms with Crippen molar-refractivity contribution in [3.63, 3.8) is 0 Å². The van der Waals surface area contributed by atoms with E-state index in [0.29, 0.717) is 23.2 Å². The minimum atomic E-state index is -1.02. The summed E-state index contributed by atoms with van der Waals surface area (Å²) in [5, 5.41) is 17.5. The summed E-state index contributed by atoms with van der Waals surface area (Å²) in [5.74, 6) is 0.636. The molecule has 2 heterocycles. The molecule has 0 aliphatic heterocycles. The van der Waals surface area contributed by atoms with Crippen LogP contribution in [0.2, 0.25) is 0 Å². The van der Waals surface area contributed by atoms with Crippen molar-refractivity contribution in [2.24, 2.45) is 7.05 Å². The lowest BCUT2D eigenvalue weighted by Gasteiger charge is -2.04. The Morgan fingerprint density at radius 3 is 2.35 bits per heavy atom. The first-order valence-electron chi connectivity index (χ1n) is 5.09. The number of hydrogen-bond acceptors (Lipinski definition) is 4. The Morgan fingerprint density at radius 2 is 1.88 bits per heavy atom. The Balaban J connectivity index is 2.75. The number of nitrogens with zero attached hydrogens (tertiary/aromatic N) is 5. The first kappa shape index (κ1) is 11.3. The molecule has 0 fully saturated rings. The molecule has 0 amide bonds. The minimum Gasteiger partial charge on any atom is -0.477 e. The quantitative estimate of drug-likeness (QED) is 0.824. The van der Waals surface area contributed by atoms with Gasteiger partial charge in [0.25, 0.3) is 0 Å². The molecule has 0 aliphatic carbocycles. The van der Waals surface area contributed by atoms with Crippen LogP contribution in [0, 0.1) is 20.8 Å². The number of carbonyl (C=O) groups is 1. The molecule has 0 saturated carbocycles. The van der Waals surface area contributed by atoms with Crippen LogP contribution in [0.5, 0.6) is 0 Å². The Hall–Kier alpha value is -2.18. The van der Waals surface area contributed by atoms with Gasteiger partial charge in [-0.3, -0.25) is 0 Å². The molecule has 2 rings (SSSR count). The monoisotopic (exact) mass is 235 g/mol. The Morgan fingerprint density at radius 1 is 1.24 bits per heavy atom. The van der Waals surface area contributed by atoms with Crippen molar-refractivity contribution in [2.75, 3.05) is 0 Å². The van der Waals surface area contributed by atoms with Crippen LogP contribution < -0.4 is 0 Å². The molecule has 0 radical (unpaired) electrons. The summed E-state index contributed by atoms with van der Waals surface area (Å²) < 4.78 is 3.00. The van der Waals surface area contributed by atoms with Crippen LogP contribution in [0.1, 0.15) is 27.7 Å². The predicted molar refractivity (Wildman–Crippen MR) is 59.3 cm³/mol. The van der Waals surface area contributed by atoms with Crippen LogP contribution >= 0.6 is 0 Å². The zero-order chi connectivity index (χ0) is 12.7. The molecule has 2 aromatic rings. The van der Waals surface area contributed by atoms with Crippen LogP contribution in [-0.2, 0) is 7.05 Å². The van der Waals surface area contributed by atoms with Gasteiger partial charge in [0.2, 0.25) is 0 Å². The summed E-state index contributed by atoms with van der Waals surface area (Å²) in [6, 6.07) is 0. The van der Waals surface area contributed by atoms with Crippen molar-refractivity contribution < 1.29 is 9.90 Å². The molecule has 1 N–H and O–H groups in total. The van der Waals surface area contributed by atoms with E-state index in [1.807, 2.05) is 0 Å². The molecule has 0 saturated heterocycles. The van der Waals surface area contributed by atoms with E-state index in [9.17, 15) is 9.90 Å². The molecule has 0 spiro atoms. The van der Waals surface area contributed by atoms with Gasteiger partial charge in [0, 0.05) is 7.05 Å². The topological polar surface area (TPSA) is 85.8 Å². The largest absolute Gasteiger partial charge is 0.477 e. The number of aryl methyl sites for hydroxylation is 4. The summed E-state index contributed by atoms with van der Waals surface area (Å²) in [4.78, 5) is 15.4. The maximum absolute atomic E-state index is 11.2. The number of aromatic nitrogens is 5. The normalized spacial score (nSPS) is 10.8. The van der Waals surface area contributed by atoms with E-state index in [-0.39, 0.29) is 5.56 Å². The van der Waals surface area contributed by atoms with E-state index in [1.54, 1.807) is 27.8 Å². The first-order chi connectivity index (χ1) is 7.91. The molecular weight excluding hydrogens is 222 g/mol. The maximum atomic E-state index is 11.2. The second-order valence-electron chi connectivity index (χ2n) is 3.83. The van der Waals surface area contributed by atoms with Crippen molar-refractivity contribution in [2.45, 2.75) is 20.8 Å². The van der Waals surface area contributed by atoms with E-state index in [1.165, 1.54) is 9.36 Å². The summed E-state index contributed by atoms with van der Waals surface area (Å²) in [7, 11) is 1.69. The van der Waals surface area contributed by atoms with Gasteiger partial charge in [0.15, 0.2) is 5.82 Å². The summed E-state index contributed by atoms with van der Waals surface area (Å²) >= 11 is 0. The minimum absolute atomic E-state index is 0.153. The van der Waals surface area contributed by atoms with Gasteiger partial charge in [-0.05, 0) is 20.8 Å². The molecule has 7 heteroatoms. The van der Waals surface area contributed by atoms with Crippen molar-refractivity contribution in [3.8, 4) is 5.82 Å². The van der Waals surface area contributed by atoms with E-state index in [2.05, 4.69) is 15.2 Å². The van der Waals surface area contributed by atoms with Gasteiger partial charge in [-0.25, -0.2) is 14.5 Å². The molecule has 2 aromatic heterocycles. The molecule has 0 aliphatic rings. The average molecular weight is 235 g/mol. The summed E-state index contributed by atoms with van der Waals surface area (Å²) in [5.41, 5.74) is 0.614. The Bertz CT molecular complexity index is 596. The van der Waals surface area contributed by atoms with Crippen LogP contribution in [0.15, 0.2) is 0 Å². The van der Waals surface area contributed by atoms with Gasteiger partial charge >= 0.3 is 5.97 Å². The second kappa shape index (κ2) is 3.69. The lowest BCUT2D eigenvalue weighted by Crippen LogP contribution is -2.11. The SMILES string of the molecule is Cc1nc(C)n(-c2c(C(=O)O)c(C)nn2C)n1. The van der Waals surface area contributed by atoms with Crippen molar-refractivity contribution in [1.82, 2.24) is 24.5 Å². The van der Waals surface area contributed by atoms with E-state index in [0.717, 1.165) is 0 Å². The summed E-state index contributed by atoms with van der Waals surface area (Å²) in [6.45, 7) is 5.19. The van der Waals surface area contributed by atoms with Gasteiger partial charge in [0.1, 0.15) is 17.2 Å². The molecule has 0 unspecified atom stereocenters. The highest BCUT2D eigenvalue weighted by molar-refractivity contribution is 5.92. The third-order valence-corrected chi connectivity index (χ3v) is 2.48. The Kier molecular flexibility index (Phi) is 2.45. The number of hydrogen-bond donors (Lipinski definition) is 1. The van der Waals surface area contributed by atoms with Crippen molar-refractivity contribution >= 4 is 5.97 Å². The third kappa shape index (κ3) is 1.69. The number of aromatic carboxylic acids is 1. The van der Waals surface area contributed by atoms with Gasteiger partial charge in [-0.15, -0.1) is 5.10 Å². The van der Waals surface area contributed by atoms with E-state index < -0.39 is 5.97 Å². The van der Waals surface area contributed by atoms with E-state index >= 15 is 0 Å². The Labute approximate surface area is 97.7 Å². The molecule has 0 atom stereocenters. The lowest BCUT2D eigenvalue weighted by atomic mass is 10.2. The highest BCUT2D eigenvalue weighted by atomic mass is 16.4. The third-order valence-electron chi connectivity index (χ3n) is 2.48. The highest BCUT2D eigenvalue weighted by Crippen LogP contribution is 2.18. The van der Waals surface area contributed by atoms with Gasteiger partial charge in [-0.1, -0.05) is 0 Å². The highest BCUT2D eigenvalue weighted by Gasteiger charge is 2.23. The fourth-order valence-electron chi connectivity index (χ4n) is 1.86. The average Bonchev–Trinajstić information content (AvgIpc) is 2.66. The van der Waals surface area contributed by atoms with Crippen LogP contribution in [-0.4, -0.2) is 35.6 Å². The number of rotatable bonds is 2. The zero-order valence-corrected chi connectivity index (χ0v) is 10.1. The zero-order valence-electron chi connectivity index (χ0n) is 10.1.